The Labute approximate surface area is 136 Å². The van der Waals surface area contributed by atoms with Gasteiger partial charge in [0, 0.05) is 25.8 Å². The number of ether oxygens (including phenoxy) is 1. The average Bonchev–Trinajstić information content (AvgIpc) is 3.26. The predicted molar refractivity (Wildman–Crippen MR) is 86.2 cm³/mol. The second-order valence-corrected chi connectivity index (χ2v) is 6.51. The number of methoxy groups -OCH3 is 1. The number of rotatable bonds is 6. The molecule has 1 aliphatic heterocycles. The molecular formula is C16H26N4O3. The number of aliphatic hydroxyl groups is 1. The predicted octanol–water partition coefficient (Wildman–Crippen LogP) is 1.02. The molecule has 1 saturated carbocycles. The molecule has 1 saturated heterocycles. The van der Waals surface area contributed by atoms with Gasteiger partial charge in [-0.1, -0.05) is 12.8 Å². The van der Waals surface area contributed by atoms with E-state index in [-0.39, 0.29) is 31.2 Å². The molecule has 1 aliphatic carbocycles. The fourth-order valence-corrected chi connectivity index (χ4v) is 3.71. The van der Waals surface area contributed by atoms with Gasteiger partial charge in [0.1, 0.15) is 5.82 Å². The zero-order valence-corrected chi connectivity index (χ0v) is 13.6. The first-order valence-electron chi connectivity index (χ1n) is 8.42. The Kier molecular flexibility index (Phi) is 5.30. The number of aliphatic hydroxyl groups excluding tert-OH is 1. The smallest absolute Gasteiger partial charge is 0.239 e. The van der Waals surface area contributed by atoms with E-state index in [1.165, 1.54) is 12.8 Å². The third-order valence-electron chi connectivity index (χ3n) is 4.99. The molecule has 2 fully saturated rings. The molecule has 0 unspecified atom stereocenters. The summed E-state index contributed by atoms with van der Waals surface area (Å²) in [5.74, 6) is 0.699. The van der Waals surface area contributed by atoms with Gasteiger partial charge in [0.25, 0.3) is 0 Å². The lowest BCUT2D eigenvalue weighted by Crippen LogP contribution is -2.39. The molecular weight excluding hydrogens is 296 g/mol. The summed E-state index contributed by atoms with van der Waals surface area (Å²) in [5.41, 5.74) is 0. The van der Waals surface area contributed by atoms with Crippen molar-refractivity contribution in [2.24, 2.45) is 0 Å². The SMILES string of the molecule is CO[C@H]1C[C@@H](CO)N(CC(=O)Nc2ccnn2C2CCCC2)C1. The van der Waals surface area contributed by atoms with Crippen molar-refractivity contribution in [2.75, 3.05) is 32.1 Å². The van der Waals surface area contributed by atoms with Gasteiger partial charge in [0.15, 0.2) is 0 Å². The van der Waals surface area contributed by atoms with Crippen LogP contribution in [0, 0.1) is 0 Å². The monoisotopic (exact) mass is 322 g/mol. The number of carbonyl (C=O) groups excluding carboxylic acids is 1. The van der Waals surface area contributed by atoms with E-state index in [1.807, 2.05) is 15.6 Å². The summed E-state index contributed by atoms with van der Waals surface area (Å²) >= 11 is 0. The largest absolute Gasteiger partial charge is 0.395 e. The van der Waals surface area contributed by atoms with Gasteiger partial charge in [-0.15, -0.1) is 0 Å². The van der Waals surface area contributed by atoms with Crippen molar-refractivity contribution in [3.05, 3.63) is 12.3 Å². The van der Waals surface area contributed by atoms with Crippen molar-refractivity contribution in [3.8, 4) is 0 Å². The molecule has 2 N–H and O–H groups in total. The fraction of sp³-hybridized carbons (Fsp3) is 0.750. The normalized spacial score (nSPS) is 26.0. The van der Waals surface area contributed by atoms with Crippen LogP contribution in [-0.4, -0.2) is 64.6 Å². The summed E-state index contributed by atoms with van der Waals surface area (Å²) in [5, 5.41) is 16.8. The van der Waals surface area contributed by atoms with Crippen LogP contribution in [0.4, 0.5) is 5.82 Å². The first-order chi connectivity index (χ1) is 11.2. The van der Waals surface area contributed by atoms with Crippen molar-refractivity contribution >= 4 is 11.7 Å². The summed E-state index contributed by atoms with van der Waals surface area (Å²) in [6.07, 6.45) is 7.29. The zero-order chi connectivity index (χ0) is 16.2. The van der Waals surface area contributed by atoms with E-state index in [0.29, 0.717) is 12.6 Å². The standard InChI is InChI=1S/C16H26N4O3/c1-23-14-8-13(11-21)19(9-14)10-16(22)18-15-6-7-17-20(15)12-4-2-3-5-12/h6-7,12-14,21H,2-5,8-11H2,1H3,(H,18,22)/t13-,14-/m0/s1. The maximum atomic E-state index is 12.4. The zero-order valence-electron chi connectivity index (χ0n) is 13.6. The van der Waals surface area contributed by atoms with Crippen molar-refractivity contribution in [1.82, 2.24) is 14.7 Å². The Hall–Kier alpha value is -1.44. The third kappa shape index (κ3) is 3.73. The number of aromatic nitrogens is 2. The minimum Gasteiger partial charge on any atom is -0.395 e. The van der Waals surface area contributed by atoms with Crippen molar-refractivity contribution in [2.45, 2.75) is 50.3 Å². The molecule has 0 bridgehead atoms. The van der Waals surface area contributed by atoms with E-state index >= 15 is 0 Å². The molecule has 0 radical (unpaired) electrons. The average molecular weight is 322 g/mol. The molecule has 2 aliphatic rings. The van der Waals surface area contributed by atoms with Gasteiger partial charge < -0.3 is 15.2 Å². The molecule has 2 atom stereocenters. The highest BCUT2D eigenvalue weighted by Crippen LogP contribution is 2.31. The Bertz CT molecular complexity index is 527. The molecule has 7 heteroatoms. The number of likely N-dealkylation sites (tertiary alicyclic amines) is 1. The van der Waals surface area contributed by atoms with E-state index in [1.54, 1.807) is 13.3 Å². The molecule has 7 nitrogen and oxygen atoms in total. The molecule has 0 spiro atoms. The number of anilines is 1. The third-order valence-corrected chi connectivity index (χ3v) is 4.99. The highest BCUT2D eigenvalue weighted by Gasteiger charge is 2.33. The van der Waals surface area contributed by atoms with Crippen LogP contribution >= 0.6 is 0 Å². The van der Waals surface area contributed by atoms with Crippen LogP contribution in [0.2, 0.25) is 0 Å². The maximum Gasteiger partial charge on any atom is 0.239 e. The molecule has 1 aromatic rings. The quantitative estimate of drug-likeness (QED) is 0.817. The fourth-order valence-electron chi connectivity index (χ4n) is 3.71. The molecule has 1 aromatic heterocycles. The van der Waals surface area contributed by atoms with Crippen LogP contribution in [0.25, 0.3) is 0 Å². The maximum absolute atomic E-state index is 12.4. The van der Waals surface area contributed by atoms with Gasteiger partial charge in [-0.25, -0.2) is 4.68 Å². The molecule has 2 heterocycles. The molecule has 3 rings (SSSR count). The van der Waals surface area contributed by atoms with Crippen molar-refractivity contribution < 1.29 is 14.6 Å². The minimum atomic E-state index is -0.0695. The number of nitrogens with one attached hydrogen (secondary N) is 1. The van der Waals surface area contributed by atoms with Gasteiger partial charge in [-0.2, -0.15) is 5.10 Å². The van der Waals surface area contributed by atoms with E-state index in [0.717, 1.165) is 25.1 Å². The van der Waals surface area contributed by atoms with Crippen molar-refractivity contribution in [3.63, 3.8) is 0 Å². The lowest BCUT2D eigenvalue weighted by molar-refractivity contribution is -0.117. The van der Waals surface area contributed by atoms with Gasteiger partial charge in [0.2, 0.25) is 5.91 Å². The number of hydrogen-bond acceptors (Lipinski definition) is 5. The van der Waals surface area contributed by atoms with Gasteiger partial charge >= 0.3 is 0 Å². The second-order valence-electron chi connectivity index (χ2n) is 6.51. The molecule has 23 heavy (non-hydrogen) atoms. The number of hydrogen-bond donors (Lipinski definition) is 2. The molecule has 128 valence electrons. The van der Waals surface area contributed by atoms with E-state index in [4.69, 9.17) is 4.74 Å². The minimum absolute atomic E-state index is 0.00885. The van der Waals surface area contributed by atoms with Crippen molar-refractivity contribution in [1.29, 1.82) is 0 Å². The van der Waals surface area contributed by atoms with E-state index in [9.17, 15) is 9.90 Å². The summed E-state index contributed by atoms with van der Waals surface area (Å²) in [6.45, 7) is 0.991. The van der Waals surface area contributed by atoms with Crippen LogP contribution in [-0.2, 0) is 9.53 Å². The van der Waals surface area contributed by atoms with Gasteiger partial charge in [0.05, 0.1) is 31.5 Å². The Morgan fingerprint density at radius 2 is 2.26 bits per heavy atom. The molecule has 0 aromatic carbocycles. The Morgan fingerprint density at radius 3 is 2.96 bits per heavy atom. The van der Waals surface area contributed by atoms with Crippen LogP contribution in [0.3, 0.4) is 0 Å². The van der Waals surface area contributed by atoms with E-state index < -0.39 is 0 Å². The number of nitrogens with zero attached hydrogens (tertiary/aromatic N) is 3. The first-order valence-corrected chi connectivity index (χ1v) is 8.42. The Morgan fingerprint density at radius 1 is 1.48 bits per heavy atom. The second kappa shape index (κ2) is 7.42. The van der Waals surface area contributed by atoms with Gasteiger partial charge in [-0.05, 0) is 19.3 Å². The topological polar surface area (TPSA) is 79.6 Å². The Balaban J connectivity index is 1.58. The number of carbonyl (C=O) groups is 1. The van der Waals surface area contributed by atoms with E-state index in [2.05, 4.69) is 10.4 Å². The van der Waals surface area contributed by atoms with Crippen LogP contribution in [0.15, 0.2) is 12.3 Å². The summed E-state index contributed by atoms with van der Waals surface area (Å²) in [4.78, 5) is 14.4. The summed E-state index contributed by atoms with van der Waals surface area (Å²) in [6, 6.07) is 2.24. The van der Waals surface area contributed by atoms with Gasteiger partial charge in [-0.3, -0.25) is 9.69 Å². The first kappa shape index (κ1) is 16.4. The lowest BCUT2D eigenvalue weighted by Gasteiger charge is -2.22. The highest BCUT2D eigenvalue weighted by atomic mass is 16.5. The number of amides is 1. The summed E-state index contributed by atoms with van der Waals surface area (Å²) < 4.78 is 7.29. The van der Waals surface area contributed by atoms with Crippen LogP contribution in [0.5, 0.6) is 0 Å². The molecule has 1 amide bonds. The lowest BCUT2D eigenvalue weighted by atomic mass is 10.2. The summed E-state index contributed by atoms with van der Waals surface area (Å²) in [7, 11) is 1.67. The van der Waals surface area contributed by atoms with Crippen LogP contribution in [0.1, 0.15) is 38.1 Å². The van der Waals surface area contributed by atoms with Crippen LogP contribution < -0.4 is 5.32 Å². The highest BCUT2D eigenvalue weighted by molar-refractivity contribution is 5.91.